The zero-order valence-electron chi connectivity index (χ0n) is 9.80. The number of aliphatic hydroxyl groups is 1. The summed E-state index contributed by atoms with van der Waals surface area (Å²) in [5, 5.41) is 12.2. The molecule has 2 atom stereocenters. The highest BCUT2D eigenvalue weighted by molar-refractivity contribution is 7.09. The van der Waals surface area contributed by atoms with Crippen LogP contribution in [0.1, 0.15) is 17.6 Å². The van der Waals surface area contributed by atoms with Gasteiger partial charge in [-0.3, -0.25) is 4.90 Å². The topological polar surface area (TPSA) is 45.6 Å². The van der Waals surface area contributed by atoms with E-state index in [0.717, 1.165) is 23.8 Å². The van der Waals surface area contributed by atoms with Crippen LogP contribution in [-0.2, 0) is 17.2 Å². The molecule has 6 heteroatoms. The van der Waals surface area contributed by atoms with Crippen LogP contribution in [0.4, 0.5) is 0 Å². The smallest absolute Gasteiger partial charge is 0.107 e. The van der Waals surface area contributed by atoms with Gasteiger partial charge in [-0.1, -0.05) is 0 Å². The Kier molecular flexibility index (Phi) is 4.76. The molecule has 2 unspecified atom stereocenters. The van der Waals surface area contributed by atoms with Gasteiger partial charge < -0.3 is 9.84 Å². The third-order valence-corrected chi connectivity index (χ3v) is 4.07. The van der Waals surface area contributed by atoms with E-state index < -0.39 is 0 Å². The van der Waals surface area contributed by atoms with Crippen LogP contribution in [0, 0.1) is 0 Å². The van der Waals surface area contributed by atoms with Gasteiger partial charge in [0.1, 0.15) is 5.01 Å². The molecular formula is C11H17ClN2O2S. The lowest BCUT2D eigenvalue weighted by molar-refractivity contribution is -0.0805. The minimum atomic E-state index is -0.0707. The molecule has 1 aliphatic rings. The van der Waals surface area contributed by atoms with Gasteiger partial charge in [-0.2, -0.15) is 0 Å². The van der Waals surface area contributed by atoms with Gasteiger partial charge in [-0.25, -0.2) is 4.98 Å². The van der Waals surface area contributed by atoms with Crippen molar-refractivity contribution in [3.63, 3.8) is 0 Å². The largest absolute Gasteiger partial charge is 0.394 e. The number of hydrogen-bond acceptors (Lipinski definition) is 5. The Bertz CT molecular complexity index is 361. The second kappa shape index (κ2) is 6.11. The minimum Gasteiger partial charge on any atom is -0.394 e. The van der Waals surface area contributed by atoms with E-state index in [1.54, 1.807) is 11.3 Å². The number of alkyl halides is 1. The fourth-order valence-corrected chi connectivity index (χ4v) is 2.91. The summed E-state index contributed by atoms with van der Waals surface area (Å²) in [6.45, 7) is 4.44. The predicted octanol–water partition coefficient (Wildman–Crippen LogP) is 1.46. The second-order valence-corrected chi connectivity index (χ2v) is 5.49. The van der Waals surface area contributed by atoms with Crippen molar-refractivity contribution in [3.8, 4) is 0 Å². The summed E-state index contributed by atoms with van der Waals surface area (Å²) in [7, 11) is 0. The van der Waals surface area contributed by atoms with Crippen LogP contribution in [0.25, 0.3) is 0 Å². The number of aromatic nitrogens is 1. The van der Waals surface area contributed by atoms with Gasteiger partial charge in [-0.05, 0) is 6.92 Å². The lowest BCUT2D eigenvalue weighted by Crippen LogP contribution is -2.48. The molecule has 2 heterocycles. The van der Waals surface area contributed by atoms with Crippen LogP contribution in [-0.4, -0.2) is 46.9 Å². The SMILES string of the molecule is CC1COC(CO)CN1Cc1nc(CCl)cs1. The standard InChI is InChI=1S/C11H17ClN2O2S/c1-8-6-16-10(5-15)3-14(8)4-11-13-9(2-12)7-17-11/h7-8,10,15H,2-6H2,1H3. The van der Waals surface area contributed by atoms with Crippen molar-refractivity contribution in [2.24, 2.45) is 0 Å². The van der Waals surface area contributed by atoms with Gasteiger partial charge in [0.25, 0.3) is 0 Å². The Balaban J connectivity index is 1.96. The van der Waals surface area contributed by atoms with Crippen molar-refractivity contribution in [1.29, 1.82) is 0 Å². The van der Waals surface area contributed by atoms with Crippen LogP contribution in [0.2, 0.25) is 0 Å². The molecule has 0 aromatic carbocycles. The molecule has 1 aliphatic heterocycles. The zero-order valence-corrected chi connectivity index (χ0v) is 11.4. The van der Waals surface area contributed by atoms with Crippen molar-refractivity contribution in [1.82, 2.24) is 9.88 Å². The number of hydrogen-bond donors (Lipinski definition) is 1. The Morgan fingerprint density at radius 1 is 1.71 bits per heavy atom. The lowest BCUT2D eigenvalue weighted by atomic mass is 10.2. The Hall–Kier alpha value is -0.200. The fraction of sp³-hybridized carbons (Fsp3) is 0.727. The summed E-state index contributed by atoms with van der Waals surface area (Å²) < 4.78 is 5.50. The number of ether oxygens (including phenoxy) is 1. The maximum atomic E-state index is 9.12. The Morgan fingerprint density at radius 2 is 2.53 bits per heavy atom. The molecule has 1 aromatic heterocycles. The normalized spacial score (nSPS) is 26.3. The van der Waals surface area contributed by atoms with Gasteiger partial charge in [-0.15, -0.1) is 22.9 Å². The first-order valence-electron chi connectivity index (χ1n) is 5.68. The van der Waals surface area contributed by atoms with Gasteiger partial charge in [0.05, 0.1) is 37.4 Å². The van der Waals surface area contributed by atoms with Gasteiger partial charge in [0, 0.05) is 18.0 Å². The highest BCUT2D eigenvalue weighted by Crippen LogP contribution is 2.18. The molecule has 17 heavy (non-hydrogen) atoms. The molecule has 1 N–H and O–H groups in total. The number of rotatable bonds is 4. The molecule has 0 radical (unpaired) electrons. The van der Waals surface area contributed by atoms with E-state index >= 15 is 0 Å². The van der Waals surface area contributed by atoms with Gasteiger partial charge in [0.2, 0.25) is 0 Å². The molecule has 0 spiro atoms. The summed E-state index contributed by atoms with van der Waals surface area (Å²) in [5.74, 6) is 0.467. The summed E-state index contributed by atoms with van der Waals surface area (Å²) in [4.78, 5) is 6.74. The van der Waals surface area contributed by atoms with Crippen molar-refractivity contribution in [2.75, 3.05) is 19.8 Å². The molecular weight excluding hydrogens is 260 g/mol. The van der Waals surface area contributed by atoms with Crippen LogP contribution >= 0.6 is 22.9 Å². The molecule has 2 rings (SSSR count). The average Bonchev–Trinajstić information content (AvgIpc) is 2.80. The van der Waals surface area contributed by atoms with E-state index in [1.165, 1.54) is 0 Å². The van der Waals surface area contributed by atoms with Crippen LogP contribution in [0.5, 0.6) is 0 Å². The van der Waals surface area contributed by atoms with E-state index in [-0.39, 0.29) is 12.7 Å². The van der Waals surface area contributed by atoms with Crippen molar-refractivity contribution >= 4 is 22.9 Å². The highest BCUT2D eigenvalue weighted by Gasteiger charge is 2.26. The third-order valence-electron chi connectivity index (χ3n) is 2.91. The number of nitrogens with zero attached hydrogens (tertiary/aromatic N) is 2. The molecule has 0 saturated carbocycles. The van der Waals surface area contributed by atoms with E-state index in [9.17, 15) is 0 Å². The van der Waals surface area contributed by atoms with Crippen LogP contribution < -0.4 is 0 Å². The van der Waals surface area contributed by atoms with E-state index in [4.69, 9.17) is 21.4 Å². The first-order valence-corrected chi connectivity index (χ1v) is 7.10. The Labute approximate surface area is 110 Å². The minimum absolute atomic E-state index is 0.0707. The third kappa shape index (κ3) is 3.39. The van der Waals surface area contributed by atoms with Crippen LogP contribution in [0.3, 0.4) is 0 Å². The molecule has 0 amide bonds. The number of thiazole rings is 1. The molecule has 0 bridgehead atoms. The first kappa shape index (κ1) is 13.2. The van der Waals surface area contributed by atoms with Gasteiger partial charge >= 0.3 is 0 Å². The molecule has 1 fully saturated rings. The second-order valence-electron chi connectivity index (χ2n) is 4.28. The molecule has 96 valence electrons. The summed E-state index contributed by atoms with van der Waals surface area (Å²) in [6, 6.07) is 0.362. The number of aliphatic hydroxyl groups excluding tert-OH is 1. The summed E-state index contributed by atoms with van der Waals surface area (Å²) in [5.41, 5.74) is 0.936. The van der Waals surface area contributed by atoms with E-state index in [0.29, 0.717) is 18.5 Å². The predicted molar refractivity (Wildman–Crippen MR) is 68.4 cm³/mol. The highest BCUT2D eigenvalue weighted by atomic mass is 35.5. The zero-order chi connectivity index (χ0) is 12.3. The van der Waals surface area contributed by atoms with E-state index in [1.807, 2.05) is 5.38 Å². The number of morpholine rings is 1. The lowest BCUT2D eigenvalue weighted by Gasteiger charge is -2.36. The summed E-state index contributed by atoms with van der Waals surface area (Å²) >= 11 is 7.37. The number of halogens is 1. The van der Waals surface area contributed by atoms with Crippen molar-refractivity contribution < 1.29 is 9.84 Å². The first-order chi connectivity index (χ1) is 8.22. The molecule has 1 aromatic rings. The molecule has 1 saturated heterocycles. The average molecular weight is 277 g/mol. The molecule has 0 aliphatic carbocycles. The fourth-order valence-electron chi connectivity index (χ4n) is 1.86. The molecule has 4 nitrogen and oxygen atoms in total. The van der Waals surface area contributed by atoms with Crippen molar-refractivity contribution in [2.45, 2.75) is 31.5 Å². The van der Waals surface area contributed by atoms with E-state index in [2.05, 4.69) is 16.8 Å². The van der Waals surface area contributed by atoms with Crippen LogP contribution in [0.15, 0.2) is 5.38 Å². The van der Waals surface area contributed by atoms with Crippen molar-refractivity contribution in [3.05, 3.63) is 16.1 Å². The monoisotopic (exact) mass is 276 g/mol. The quantitative estimate of drug-likeness (QED) is 0.846. The Morgan fingerprint density at radius 3 is 3.18 bits per heavy atom. The van der Waals surface area contributed by atoms with Gasteiger partial charge in [0.15, 0.2) is 0 Å². The maximum Gasteiger partial charge on any atom is 0.107 e. The maximum absolute atomic E-state index is 9.12. The summed E-state index contributed by atoms with van der Waals surface area (Å²) in [6.07, 6.45) is -0.0707.